The summed E-state index contributed by atoms with van der Waals surface area (Å²) in [6.45, 7) is 3.42. The number of ether oxygens (including phenoxy) is 1. The number of halogens is 1. The van der Waals surface area contributed by atoms with Gasteiger partial charge in [0.15, 0.2) is 5.82 Å². The maximum absolute atomic E-state index is 14.6. The number of methoxy groups -OCH3 is 1. The Labute approximate surface area is 195 Å². The van der Waals surface area contributed by atoms with Crippen LogP contribution >= 0.6 is 0 Å². The number of hydrogen-bond donors (Lipinski definition) is 3. The number of hydrogen-bond acceptors (Lipinski definition) is 7. The van der Waals surface area contributed by atoms with Gasteiger partial charge in [-0.2, -0.15) is 5.26 Å². The van der Waals surface area contributed by atoms with E-state index in [-0.39, 0.29) is 5.41 Å². The monoisotopic (exact) mass is 452 g/mol. The van der Waals surface area contributed by atoms with Crippen molar-refractivity contribution in [2.75, 3.05) is 30.9 Å². The third kappa shape index (κ3) is 6.18. The molecule has 2 aliphatic rings. The zero-order valence-corrected chi connectivity index (χ0v) is 19.4. The van der Waals surface area contributed by atoms with Crippen LogP contribution in [0.1, 0.15) is 45.4 Å². The fourth-order valence-corrected chi connectivity index (χ4v) is 4.45. The number of nitriles is 1. The van der Waals surface area contributed by atoms with Gasteiger partial charge in [0, 0.05) is 37.3 Å². The summed E-state index contributed by atoms with van der Waals surface area (Å²) in [6, 6.07) is 10.8. The average Bonchev–Trinajstić information content (AvgIpc) is 3.61. The van der Waals surface area contributed by atoms with E-state index >= 15 is 0 Å². The third-order valence-corrected chi connectivity index (χ3v) is 6.60. The highest BCUT2D eigenvalue weighted by Crippen LogP contribution is 2.44. The quantitative estimate of drug-likeness (QED) is 0.493. The molecule has 2 saturated carbocycles. The molecule has 4 rings (SSSR count). The second-order valence-electron chi connectivity index (χ2n) is 9.42. The first kappa shape index (κ1) is 23.4. The van der Waals surface area contributed by atoms with Crippen LogP contribution in [0.25, 0.3) is 11.3 Å². The lowest BCUT2D eigenvalue weighted by atomic mass is 9.90. The number of nitrogens with one attached hydrogen (secondary N) is 3. The van der Waals surface area contributed by atoms with Gasteiger partial charge < -0.3 is 20.7 Å². The van der Waals surface area contributed by atoms with E-state index in [2.05, 4.69) is 38.9 Å². The molecule has 2 heterocycles. The van der Waals surface area contributed by atoms with Crippen molar-refractivity contribution < 1.29 is 9.13 Å². The molecule has 0 aromatic carbocycles. The summed E-state index contributed by atoms with van der Waals surface area (Å²) < 4.78 is 19.8. The lowest BCUT2D eigenvalue weighted by Gasteiger charge is -2.31. The molecule has 2 aromatic rings. The fraction of sp³-hybridized carbons (Fsp3) is 0.560. The highest BCUT2D eigenvalue weighted by molar-refractivity contribution is 5.65. The molecule has 8 heteroatoms. The van der Waals surface area contributed by atoms with Crippen molar-refractivity contribution in [3.05, 3.63) is 36.3 Å². The molecule has 176 valence electrons. The van der Waals surface area contributed by atoms with E-state index in [4.69, 9.17) is 4.74 Å². The average molecular weight is 453 g/mol. The minimum Gasteiger partial charge on any atom is -0.383 e. The highest BCUT2D eigenvalue weighted by Gasteiger charge is 2.42. The minimum absolute atomic E-state index is 0.271. The van der Waals surface area contributed by atoms with Gasteiger partial charge in [-0.25, -0.2) is 14.4 Å². The van der Waals surface area contributed by atoms with E-state index in [9.17, 15) is 9.65 Å². The Balaban J connectivity index is 1.37. The SMILES string of the molecule is COCC(C)NC1CCC(Nc2cc(-c3cccc(NCC4(C#N)CC4)n3)c(F)cn2)CC1. The zero-order valence-electron chi connectivity index (χ0n) is 19.4. The number of rotatable bonds is 10. The van der Waals surface area contributed by atoms with Gasteiger partial charge in [-0.1, -0.05) is 6.07 Å². The summed E-state index contributed by atoms with van der Waals surface area (Å²) in [6.07, 6.45) is 7.31. The van der Waals surface area contributed by atoms with Crippen molar-refractivity contribution in [2.24, 2.45) is 5.41 Å². The molecule has 2 fully saturated rings. The zero-order chi connectivity index (χ0) is 23.3. The Morgan fingerprint density at radius 1 is 1.21 bits per heavy atom. The van der Waals surface area contributed by atoms with Crippen LogP contribution in [0.3, 0.4) is 0 Å². The maximum atomic E-state index is 14.6. The van der Waals surface area contributed by atoms with Gasteiger partial charge >= 0.3 is 0 Å². The number of pyridine rings is 2. The van der Waals surface area contributed by atoms with E-state index in [0.717, 1.165) is 38.5 Å². The van der Waals surface area contributed by atoms with Crippen LogP contribution < -0.4 is 16.0 Å². The Bertz CT molecular complexity index is 981. The normalized spacial score (nSPS) is 22.2. The summed E-state index contributed by atoms with van der Waals surface area (Å²) >= 11 is 0. The predicted octanol–water partition coefficient (Wildman–Crippen LogP) is 4.35. The minimum atomic E-state index is -0.402. The second-order valence-corrected chi connectivity index (χ2v) is 9.42. The first-order valence-electron chi connectivity index (χ1n) is 11.8. The van der Waals surface area contributed by atoms with Crippen LogP contribution in [0.15, 0.2) is 30.5 Å². The summed E-state index contributed by atoms with van der Waals surface area (Å²) in [5.74, 6) is 0.909. The van der Waals surface area contributed by atoms with Gasteiger partial charge in [0.2, 0.25) is 0 Å². The van der Waals surface area contributed by atoms with Crippen molar-refractivity contribution >= 4 is 11.6 Å². The lowest BCUT2D eigenvalue weighted by Crippen LogP contribution is -2.42. The van der Waals surface area contributed by atoms with Gasteiger partial charge in [-0.3, -0.25) is 0 Å². The van der Waals surface area contributed by atoms with Crippen LogP contribution in [-0.4, -0.2) is 48.4 Å². The molecule has 0 amide bonds. The van der Waals surface area contributed by atoms with E-state index < -0.39 is 5.82 Å². The Hall–Kier alpha value is -2.76. The summed E-state index contributed by atoms with van der Waals surface area (Å²) in [4.78, 5) is 8.84. The molecule has 2 aromatic heterocycles. The molecule has 0 spiro atoms. The van der Waals surface area contributed by atoms with Crippen molar-refractivity contribution in [2.45, 2.75) is 63.6 Å². The van der Waals surface area contributed by atoms with Gasteiger partial charge in [-0.15, -0.1) is 0 Å². The topological polar surface area (TPSA) is 94.9 Å². The van der Waals surface area contributed by atoms with Crippen LogP contribution in [0.4, 0.5) is 16.0 Å². The molecule has 7 nitrogen and oxygen atoms in total. The molecule has 33 heavy (non-hydrogen) atoms. The molecule has 0 radical (unpaired) electrons. The Kier molecular flexibility index (Phi) is 7.41. The van der Waals surface area contributed by atoms with Crippen LogP contribution in [0.5, 0.6) is 0 Å². The molecule has 1 unspecified atom stereocenters. The van der Waals surface area contributed by atoms with Crippen molar-refractivity contribution in [3.63, 3.8) is 0 Å². The Morgan fingerprint density at radius 3 is 2.67 bits per heavy atom. The van der Waals surface area contributed by atoms with Crippen molar-refractivity contribution in [1.29, 1.82) is 5.26 Å². The smallest absolute Gasteiger partial charge is 0.151 e. The third-order valence-electron chi connectivity index (χ3n) is 6.60. The largest absolute Gasteiger partial charge is 0.383 e. The summed E-state index contributed by atoms with van der Waals surface area (Å²) in [5.41, 5.74) is 0.693. The number of nitrogens with zero attached hydrogens (tertiary/aromatic N) is 3. The molecular formula is C25H33FN6O. The van der Waals surface area contributed by atoms with Gasteiger partial charge in [0.05, 0.1) is 30.0 Å². The van der Waals surface area contributed by atoms with Gasteiger partial charge in [0.25, 0.3) is 0 Å². The fourth-order valence-electron chi connectivity index (χ4n) is 4.45. The second kappa shape index (κ2) is 10.4. The van der Waals surface area contributed by atoms with Crippen LogP contribution in [0, 0.1) is 22.6 Å². The summed E-state index contributed by atoms with van der Waals surface area (Å²) in [5, 5.41) is 19.6. The summed E-state index contributed by atoms with van der Waals surface area (Å²) in [7, 11) is 1.73. The highest BCUT2D eigenvalue weighted by atomic mass is 19.1. The molecule has 0 saturated heterocycles. The van der Waals surface area contributed by atoms with Gasteiger partial charge in [0.1, 0.15) is 11.6 Å². The first-order chi connectivity index (χ1) is 16.0. The van der Waals surface area contributed by atoms with Crippen LogP contribution in [-0.2, 0) is 4.74 Å². The van der Waals surface area contributed by atoms with Crippen LogP contribution in [0.2, 0.25) is 0 Å². The number of aromatic nitrogens is 2. The van der Waals surface area contributed by atoms with E-state index in [0.29, 0.717) is 54.2 Å². The first-order valence-corrected chi connectivity index (χ1v) is 11.8. The van der Waals surface area contributed by atoms with Crippen molar-refractivity contribution in [1.82, 2.24) is 15.3 Å². The molecule has 0 bridgehead atoms. The molecule has 2 aliphatic carbocycles. The molecule has 3 N–H and O–H groups in total. The van der Waals surface area contributed by atoms with Crippen molar-refractivity contribution in [3.8, 4) is 17.3 Å². The molecular weight excluding hydrogens is 419 g/mol. The number of anilines is 2. The Morgan fingerprint density at radius 2 is 1.97 bits per heavy atom. The maximum Gasteiger partial charge on any atom is 0.151 e. The van der Waals surface area contributed by atoms with E-state index in [1.54, 1.807) is 19.2 Å². The van der Waals surface area contributed by atoms with Gasteiger partial charge in [-0.05, 0) is 63.6 Å². The lowest BCUT2D eigenvalue weighted by molar-refractivity contribution is 0.161. The molecule has 1 atom stereocenters. The molecule has 0 aliphatic heterocycles. The van der Waals surface area contributed by atoms with E-state index in [1.807, 2.05) is 12.1 Å². The van der Waals surface area contributed by atoms with E-state index in [1.165, 1.54) is 6.20 Å². The standard InChI is InChI=1S/C25H33FN6O/c1-17(14-33-2)30-18-6-8-19(9-7-18)31-24-12-20(21(26)13-28-24)22-4-3-5-23(32-22)29-16-25(15-27)10-11-25/h3-5,12-13,17-19,30H,6-11,14,16H2,1-2H3,(H,28,31)(H,29,32). The predicted molar refractivity (Wildman–Crippen MR) is 127 cm³/mol.